The van der Waals surface area contributed by atoms with Crippen LogP contribution in [0.4, 0.5) is 18.9 Å². The largest absolute Gasteiger partial charge is 0.416 e. The molecule has 0 atom stereocenters. The van der Waals surface area contributed by atoms with E-state index in [-0.39, 0.29) is 5.69 Å². The van der Waals surface area contributed by atoms with Crippen LogP contribution in [-0.2, 0) is 17.4 Å². The van der Waals surface area contributed by atoms with E-state index in [1.165, 1.54) is 18.2 Å². The summed E-state index contributed by atoms with van der Waals surface area (Å²) in [7, 11) is 0. The summed E-state index contributed by atoms with van der Waals surface area (Å²) >= 11 is 0. The normalized spacial score (nSPS) is 14.1. The lowest BCUT2D eigenvalue weighted by Gasteiger charge is -2.14. The number of amides is 1. The van der Waals surface area contributed by atoms with Crippen molar-refractivity contribution >= 4 is 17.3 Å². The van der Waals surface area contributed by atoms with Gasteiger partial charge in [-0.05, 0) is 36.3 Å². The van der Waals surface area contributed by atoms with Gasteiger partial charge in [0.25, 0.3) is 0 Å². The number of fused-ring (bicyclic) bond motifs is 1. The first kappa shape index (κ1) is 17.0. The zero-order valence-electron chi connectivity index (χ0n) is 13.2. The van der Waals surface area contributed by atoms with Crippen LogP contribution in [0, 0.1) is 0 Å². The average Bonchev–Trinajstić information content (AvgIpc) is 2.59. The third kappa shape index (κ3) is 4.15. The predicted octanol–water partition coefficient (Wildman–Crippen LogP) is 4.25. The third-order valence-electron chi connectivity index (χ3n) is 3.81. The molecular formula is C19H15F3N2O. The van der Waals surface area contributed by atoms with Crippen molar-refractivity contribution in [2.45, 2.75) is 12.6 Å². The number of nitrogens with zero attached hydrogens (tertiary/aromatic N) is 1. The van der Waals surface area contributed by atoms with E-state index in [2.05, 4.69) is 10.3 Å². The maximum atomic E-state index is 12.7. The van der Waals surface area contributed by atoms with Gasteiger partial charge in [-0.1, -0.05) is 30.3 Å². The molecule has 25 heavy (non-hydrogen) atoms. The number of halogens is 3. The summed E-state index contributed by atoms with van der Waals surface area (Å²) in [6.45, 7) is 0.645. The molecule has 2 aromatic carbocycles. The first-order chi connectivity index (χ1) is 11.9. The van der Waals surface area contributed by atoms with Crippen molar-refractivity contribution in [3.63, 3.8) is 0 Å². The van der Waals surface area contributed by atoms with E-state index in [9.17, 15) is 18.0 Å². The van der Waals surface area contributed by atoms with E-state index in [0.717, 1.165) is 29.7 Å². The molecule has 0 saturated carbocycles. The number of benzene rings is 2. The van der Waals surface area contributed by atoms with E-state index in [1.54, 1.807) is 6.08 Å². The number of hydrogen-bond donors (Lipinski definition) is 1. The maximum absolute atomic E-state index is 12.7. The molecule has 1 amide bonds. The summed E-state index contributed by atoms with van der Waals surface area (Å²) in [5.41, 5.74) is 2.11. The van der Waals surface area contributed by atoms with Gasteiger partial charge in [-0.2, -0.15) is 13.2 Å². The summed E-state index contributed by atoms with van der Waals surface area (Å²) in [6, 6.07) is 12.3. The number of aliphatic imine (C=N–C) groups is 1. The van der Waals surface area contributed by atoms with Crippen molar-refractivity contribution in [1.82, 2.24) is 0 Å². The Bertz CT molecular complexity index is 854. The molecule has 3 nitrogen and oxygen atoms in total. The van der Waals surface area contributed by atoms with Gasteiger partial charge in [-0.15, -0.1) is 0 Å². The fourth-order valence-corrected chi connectivity index (χ4v) is 2.62. The molecule has 0 radical (unpaired) electrons. The standard InChI is InChI=1S/C19H15F3N2O/c20-19(21,22)14-5-3-6-15(12-14)24-18(25)9-8-17-16-7-2-1-4-13(16)10-11-23-17/h1-9,12H,10-11H2,(H,24,25). The molecule has 0 spiro atoms. The number of allylic oxidation sites excluding steroid dienone is 1. The van der Waals surface area contributed by atoms with Crippen LogP contribution in [0.5, 0.6) is 0 Å². The lowest BCUT2D eigenvalue weighted by Crippen LogP contribution is -2.13. The molecule has 0 unspecified atom stereocenters. The van der Waals surface area contributed by atoms with Crippen LogP contribution in [0.2, 0.25) is 0 Å². The van der Waals surface area contributed by atoms with Gasteiger partial charge in [-0.25, -0.2) is 0 Å². The average molecular weight is 344 g/mol. The van der Waals surface area contributed by atoms with Crippen LogP contribution in [0.1, 0.15) is 16.7 Å². The fraction of sp³-hybridized carbons (Fsp3) is 0.158. The smallest absolute Gasteiger partial charge is 0.322 e. The first-order valence-electron chi connectivity index (χ1n) is 7.72. The minimum atomic E-state index is -4.45. The Morgan fingerprint density at radius 3 is 2.72 bits per heavy atom. The SMILES string of the molecule is O=C(C=CC1=NCCc2ccccc21)Nc1cccc(C(F)(F)F)c1. The second-order valence-corrected chi connectivity index (χ2v) is 5.58. The molecule has 0 bridgehead atoms. The zero-order chi connectivity index (χ0) is 17.9. The Morgan fingerprint density at radius 2 is 1.92 bits per heavy atom. The number of nitrogens with one attached hydrogen (secondary N) is 1. The highest BCUT2D eigenvalue weighted by Gasteiger charge is 2.30. The molecule has 0 aliphatic carbocycles. The van der Waals surface area contributed by atoms with Crippen molar-refractivity contribution < 1.29 is 18.0 Å². The molecule has 1 heterocycles. The molecule has 1 aliphatic rings. The lowest BCUT2D eigenvalue weighted by molar-refractivity contribution is -0.137. The Labute approximate surface area is 142 Å². The Balaban J connectivity index is 1.71. The van der Waals surface area contributed by atoms with Crippen molar-refractivity contribution in [3.8, 4) is 0 Å². The van der Waals surface area contributed by atoms with Gasteiger partial charge in [0.2, 0.25) is 5.91 Å². The van der Waals surface area contributed by atoms with Crippen LogP contribution >= 0.6 is 0 Å². The Hall–Kier alpha value is -2.89. The molecule has 2 aromatic rings. The van der Waals surface area contributed by atoms with Gasteiger partial charge in [-0.3, -0.25) is 9.79 Å². The minimum absolute atomic E-state index is 0.0930. The Kier molecular flexibility index (Phi) is 4.70. The third-order valence-corrected chi connectivity index (χ3v) is 3.81. The molecule has 128 valence electrons. The quantitative estimate of drug-likeness (QED) is 0.831. The number of alkyl halides is 3. The lowest BCUT2D eigenvalue weighted by atomic mass is 9.97. The molecule has 1 aliphatic heterocycles. The number of hydrogen-bond acceptors (Lipinski definition) is 2. The number of carbonyl (C=O) groups excluding carboxylic acids is 1. The van der Waals surface area contributed by atoms with Crippen molar-refractivity contribution in [3.05, 3.63) is 77.4 Å². The summed E-state index contributed by atoms with van der Waals surface area (Å²) in [4.78, 5) is 16.4. The van der Waals surface area contributed by atoms with Crippen molar-refractivity contribution in [1.29, 1.82) is 0 Å². The summed E-state index contributed by atoms with van der Waals surface area (Å²) in [6.07, 6.45) is -0.733. The minimum Gasteiger partial charge on any atom is -0.322 e. The van der Waals surface area contributed by atoms with Crippen LogP contribution in [0.25, 0.3) is 0 Å². The van der Waals surface area contributed by atoms with Gasteiger partial charge in [0, 0.05) is 23.9 Å². The summed E-state index contributed by atoms with van der Waals surface area (Å²) in [5, 5.41) is 2.44. The van der Waals surface area contributed by atoms with E-state index < -0.39 is 17.6 Å². The monoisotopic (exact) mass is 344 g/mol. The number of carbonyl (C=O) groups is 1. The van der Waals surface area contributed by atoms with Gasteiger partial charge < -0.3 is 5.32 Å². The van der Waals surface area contributed by atoms with Gasteiger partial charge >= 0.3 is 6.18 Å². The van der Waals surface area contributed by atoms with Gasteiger partial charge in [0.05, 0.1) is 11.3 Å². The number of rotatable bonds is 3. The maximum Gasteiger partial charge on any atom is 0.416 e. The molecule has 1 N–H and O–H groups in total. The van der Waals surface area contributed by atoms with E-state index in [1.807, 2.05) is 24.3 Å². The molecular weight excluding hydrogens is 329 g/mol. The molecule has 0 fully saturated rings. The zero-order valence-corrected chi connectivity index (χ0v) is 13.2. The van der Waals surface area contributed by atoms with Crippen molar-refractivity contribution in [2.75, 3.05) is 11.9 Å². The van der Waals surface area contributed by atoms with Crippen LogP contribution < -0.4 is 5.32 Å². The van der Waals surface area contributed by atoms with Crippen LogP contribution in [0.15, 0.2) is 65.7 Å². The van der Waals surface area contributed by atoms with E-state index in [4.69, 9.17) is 0 Å². The number of anilines is 1. The summed E-state index contributed by atoms with van der Waals surface area (Å²) < 4.78 is 38.1. The fourth-order valence-electron chi connectivity index (χ4n) is 2.62. The second-order valence-electron chi connectivity index (χ2n) is 5.58. The van der Waals surface area contributed by atoms with E-state index in [0.29, 0.717) is 12.3 Å². The van der Waals surface area contributed by atoms with Crippen molar-refractivity contribution in [2.24, 2.45) is 4.99 Å². The topological polar surface area (TPSA) is 41.5 Å². The summed E-state index contributed by atoms with van der Waals surface area (Å²) in [5.74, 6) is -0.509. The first-order valence-corrected chi connectivity index (χ1v) is 7.72. The Morgan fingerprint density at radius 1 is 1.12 bits per heavy atom. The molecule has 0 aromatic heterocycles. The second kappa shape index (κ2) is 6.93. The van der Waals surface area contributed by atoms with Crippen LogP contribution in [-0.4, -0.2) is 18.2 Å². The predicted molar refractivity (Wildman–Crippen MR) is 90.8 cm³/mol. The highest BCUT2D eigenvalue weighted by atomic mass is 19.4. The van der Waals surface area contributed by atoms with Gasteiger partial charge in [0.1, 0.15) is 0 Å². The highest BCUT2D eigenvalue weighted by molar-refractivity contribution is 6.13. The molecule has 3 rings (SSSR count). The molecule has 6 heteroatoms. The highest BCUT2D eigenvalue weighted by Crippen LogP contribution is 2.30. The van der Waals surface area contributed by atoms with E-state index >= 15 is 0 Å². The van der Waals surface area contributed by atoms with Gasteiger partial charge in [0.15, 0.2) is 0 Å². The molecule has 0 saturated heterocycles. The van der Waals surface area contributed by atoms with Crippen LogP contribution in [0.3, 0.4) is 0 Å².